The van der Waals surface area contributed by atoms with Crippen molar-refractivity contribution >= 4 is 17.9 Å². The first kappa shape index (κ1) is 73.5. The number of carbonyl (C=O) groups is 3. The molecule has 0 amide bonds. The average Bonchev–Trinajstić information content (AvgIpc) is 3.45. The SMILES string of the molecule is CC/C=C\C/C=C\C/C=C\C/C=C\C/C=C\C/C=C\C/C=C\C/C=C\CCCCCCCCC(=O)OCC(COC(=O)CC/C=C\C/C=C\C/C=C\C/C=C\CC)OC(=O)CCCCCCCCC/C=C\C/C=C\C/C=C\CC. The Morgan fingerprint density at radius 3 is 0.785 bits per heavy atom. The lowest BCUT2D eigenvalue weighted by Gasteiger charge is -2.18. The second-order valence-electron chi connectivity index (χ2n) is 19.8. The molecule has 0 fully saturated rings. The predicted molar refractivity (Wildman–Crippen MR) is 343 cm³/mol. The number of hydrogen-bond donors (Lipinski definition) is 0. The molecule has 0 aromatic carbocycles. The van der Waals surface area contributed by atoms with E-state index in [1.165, 1.54) is 32.1 Å². The number of esters is 3. The fourth-order valence-electron chi connectivity index (χ4n) is 7.84. The van der Waals surface area contributed by atoms with Crippen LogP contribution in [0.3, 0.4) is 0 Å². The summed E-state index contributed by atoms with van der Waals surface area (Å²) in [6.07, 6.45) is 97.7. The second kappa shape index (κ2) is 65.0. The maximum absolute atomic E-state index is 12.9. The van der Waals surface area contributed by atoms with Gasteiger partial charge in [0.15, 0.2) is 6.10 Å². The monoisotopic (exact) mass is 1080 g/mol. The van der Waals surface area contributed by atoms with E-state index in [-0.39, 0.29) is 44.0 Å². The Kier molecular flexibility index (Phi) is 60.5. The molecule has 0 aromatic heterocycles. The molecule has 1 atom stereocenters. The van der Waals surface area contributed by atoms with Gasteiger partial charge in [-0.05, 0) is 141 Å². The van der Waals surface area contributed by atoms with Gasteiger partial charge in [-0.15, -0.1) is 0 Å². The highest BCUT2D eigenvalue weighted by molar-refractivity contribution is 5.71. The van der Waals surface area contributed by atoms with Crippen LogP contribution in [0, 0.1) is 0 Å². The maximum Gasteiger partial charge on any atom is 0.306 e. The van der Waals surface area contributed by atoms with Crippen molar-refractivity contribution in [2.24, 2.45) is 0 Å². The minimum Gasteiger partial charge on any atom is -0.462 e. The summed E-state index contributed by atoms with van der Waals surface area (Å²) in [6.45, 7) is 6.20. The Bertz CT molecular complexity index is 1870. The first-order valence-electron chi connectivity index (χ1n) is 31.3. The summed E-state index contributed by atoms with van der Waals surface area (Å²) in [7, 11) is 0. The van der Waals surface area contributed by atoms with E-state index in [1.54, 1.807) is 0 Å². The lowest BCUT2D eigenvalue weighted by molar-refractivity contribution is -0.166. The zero-order valence-corrected chi connectivity index (χ0v) is 50.3. The molecule has 0 N–H and O–H groups in total. The molecule has 0 spiro atoms. The third-order valence-corrected chi connectivity index (χ3v) is 12.4. The summed E-state index contributed by atoms with van der Waals surface area (Å²) in [6, 6.07) is 0. The van der Waals surface area contributed by atoms with E-state index in [2.05, 4.69) is 191 Å². The van der Waals surface area contributed by atoms with Crippen LogP contribution in [0.5, 0.6) is 0 Å². The van der Waals surface area contributed by atoms with Crippen LogP contribution in [0.15, 0.2) is 182 Å². The number of allylic oxidation sites excluding steroid dienone is 30. The van der Waals surface area contributed by atoms with Gasteiger partial charge in [0.25, 0.3) is 0 Å². The third-order valence-electron chi connectivity index (χ3n) is 12.4. The van der Waals surface area contributed by atoms with E-state index in [0.717, 1.165) is 161 Å². The molecule has 6 heteroatoms. The van der Waals surface area contributed by atoms with Crippen LogP contribution in [0.2, 0.25) is 0 Å². The summed E-state index contributed by atoms with van der Waals surface area (Å²) in [5.74, 6) is -1.04. The highest BCUT2D eigenvalue weighted by Crippen LogP contribution is 2.13. The van der Waals surface area contributed by atoms with Crippen molar-refractivity contribution in [2.75, 3.05) is 13.2 Å². The van der Waals surface area contributed by atoms with Crippen molar-refractivity contribution in [3.63, 3.8) is 0 Å². The van der Waals surface area contributed by atoms with Crippen molar-refractivity contribution < 1.29 is 28.6 Å². The normalized spacial score (nSPS) is 13.4. The summed E-state index contributed by atoms with van der Waals surface area (Å²) >= 11 is 0. The molecule has 0 aromatic rings. The van der Waals surface area contributed by atoms with Crippen molar-refractivity contribution in [2.45, 2.75) is 245 Å². The van der Waals surface area contributed by atoms with Crippen molar-refractivity contribution in [3.05, 3.63) is 182 Å². The molecule has 0 aliphatic heterocycles. The van der Waals surface area contributed by atoms with Gasteiger partial charge in [0.1, 0.15) is 13.2 Å². The first-order valence-corrected chi connectivity index (χ1v) is 31.3. The number of rotatable bonds is 54. The van der Waals surface area contributed by atoms with Gasteiger partial charge in [0.05, 0.1) is 0 Å². The fraction of sp³-hybridized carbons (Fsp3) is 0.548. The molecule has 79 heavy (non-hydrogen) atoms. The Morgan fingerprint density at radius 1 is 0.253 bits per heavy atom. The quantitative estimate of drug-likeness (QED) is 0.0261. The van der Waals surface area contributed by atoms with E-state index in [4.69, 9.17) is 14.2 Å². The van der Waals surface area contributed by atoms with Crippen LogP contribution in [-0.2, 0) is 28.6 Å². The third kappa shape index (κ3) is 63.2. The van der Waals surface area contributed by atoms with Gasteiger partial charge < -0.3 is 14.2 Å². The Morgan fingerprint density at radius 2 is 0.481 bits per heavy atom. The summed E-state index contributed by atoms with van der Waals surface area (Å²) < 4.78 is 16.8. The second-order valence-corrected chi connectivity index (χ2v) is 19.8. The lowest BCUT2D eigenvalue weighted by atomic mass is 10.1. The molecule has 0 aliphatic carbocycles. The van der Waals surface area contributed by atoms with Crippen LogP contribution < -0.4 is 0 Å². The number of unbranched alkanes of at least 4 members (excludes halogenated alkanes) is 13. The van der Waals surface area contributed by atoms with Gasteiger partial charge >= 0.3 is 17.9 Å². The minimum atomic E-state index is -0.829. The van der Waals surface area contributed by atoms with Crippen molar-refractivity contribution in [1.82, 2.24) is 0 Å². The van der Waals surface area contributed by atoms with E-state index in [1.807, 2.05) is 12.2 Å². The van der Waals surface area contributed by atoms with Crippen LogP contribution in [0.4, 0.5) is 0 Å². The molecule has 0 saturated carbocycles. The molecular formula is C73H112O6. The van der Waals surface area contributed by atoms with E-state index in [9.17, 15) is 14.4 Å². The van der Waals surface area contributed by atoms with Gasteiger partial charge in [0, 0.05) is 19.3 Å². The Labute approximate surface area is 484 Å². The largest absolute Gasteiger partial charge is 0.462 e. The summed E-state index contributed by atoms with van der Waals surface area (Å²) in [5.41, 5.74) is 0. The standard InChI is InChI=1S/C73H112O6/c1-4-7-10-13-16-19-22-25-27-29-30-31-32-33-34-35-36-37-38-39-40-41-42-44-45-48-51-54-57-60-63-66-72(75)78-69-70(68-77-71(74)65-62-59-56-53-50-47-24-21-18-15-12-9-6-3)79-73(76)67-64-61-58-55-52-49-46-43-28-26-23-20-17-14-11-8-5-2/h7-12,16-21,25-28,30-31,33-34,36-37,39-40,42,44,47,50,56,59,70H,4-6,13-15,22-24,29,32,35,38,41,43,45-46,48-49,51-55,57-58,60-69H2,1-3H3/b10-7-,11-8-,12-9-,19-16-,20-17-,21-18-,27-25-,28-26-,31-30-,34-33-,37-36-,40-39-,44-42-,50-47-,59-56-. The van der Waals surface area contributed by atoms with E-state index >= 15 is 0 Å². The minimum absolute atomic E-state index is 0.121. The number of hydrogen-bond acceptors (Lipinski definition) is 6. The maximum atomic E-state index is 12.9. The van der Waals surface area contributed by atoms with Gasteiger partial charge in [-0.1, -0.05) is 261 Å². The molecule has 0 rings (SSSR count). The van der Waals surface area contributed by atoms with Crippen LogP contribution in [0.25, 0.3) is 0 Å². The smallest absolute Gasteiger partial charge is 0.306 e. The number of carbonyl (C=O) groups excluding carboxylic acids is 3. The average molecular weight is 1090 g/mol. The Hall–Kier alpha value is -5.49. The van der Waals surface area contributed by atoms with Crippen LogP contribution in [0.1, 0.15) is 239 Å². The predicted octanol–water partition coefficient (Wildman–Crippen LogP) is 21.7. The molecular weight excluding hydrogens is 973 g/mol. The Balaban J connectivity index is 4.41. The molecule has 1 unspecified atom stereocenters. The van der Waals surface area contributed by atoms with Gasteiger partial charge in [-0.25, -0.2) is 0 Å². The zero-order valence-electron chi connectivity index (χ0n) is 50.3. The van der Waals surface area contributed by atoms with Gasteiger partial charge in [0.2, 0.25) is 0 Å². The molecule has 0 heterocycles. The van der Waals surface area contributed by atoms with Crippen LogP contribution in [-0.4, -0.2) is 37.2 Å². The number of ether oxygens (including phenoxy) is 3. The van der Waals surface area contributed by atoms with Crippen molar-refractivity contribution in [3.8, 4) is 0 Å². The molecule has 440 valence electrons. The van der Waals surface area contributed by atoms with Gasteiger partial charge in [-0.3, -0.25) is 14.4 Å². The topological polar surface area (TPSA) is 78.9 Å². The lowest BCUT2D eigenvalue weighted by Crippen LogP contribution is -2.30. The highest BCUT2D eigenvalue weighted by Gasteiger charge is 2.19. The molecule has 0 radical (unpaired) electrons. The molecule has 6 nitrogen and oxygen atoms in total. The van der Waals surface area contributed by atoms with Gasteiger partial charge in [-0.2, -0.15) is 0 Å². The van der Waals surface area contributed by atoms with Crippen molar-refractivity contribution in [1.29, 1.82) is 0 Å². The summed E-state index contributed by atoms with van der Waals surface area (Å²) in [5, 5.41) is 0. The molecule has 0 bridgehead atoms. The van der Waals surface area contributed by atoms with E-state index in [0.29, 0.717) is 12.8 Å². The highest BCUT2D eigenvalue weighted by atomic mass is 16.6. The van der Waals surface area contributed by atoms with Crippen LogP contribution >= 0.6 is 0 Å². The molecule has 0 saturated heterocycles. The zero-order chi connectivity index (χ0) is 57.1. The summed E-state index contributed by atoms with van der Waals surface area (Å²) in [4.78, 5) is 38.2. The first-order chi connectivity index (χ1) is 39.0. The fourth-order valence-corrected chi connectivity index (χ4v) is 7.84. The van der Waals surface area contributed by atoms with E-state index < -0.39 is 6.10 Å². The molecule has 0 aliphatic rings.